The van der Waals surface area contributed by atoms with Gasteiger partial charge in [0.15, 0.2) is 0 Å². The molecule has 0 aliphatic carbocycles. The Kier molecular flexibility index (Phi) is 7.57. The van der Waals surface area contributed by atoms with Gasteiger partial charge in [-0.1, -0.05) is 60.1 Å². The van der Waals surface area contributed by atoms with E-state index in [1.54, 1.807) is 30.0 Å². The quantitative estimate of drug-likeness (QED) is 0.448. The molecule has 1 aliphatic rings. The molecule has 0 aromatic heterocycles. The number of carbonyl (C=O) groups excluding carboxylic acids is 2. The summed E-state index contributed by atoms with van der Waals surface area (Å²) in [5.74, 6) is 1.10. The first-order chi connectivity index (χ1) is 16.0. The van der Waals surface area contributed by atoms with Gasteiger partial charge < -0.3 is 15.0 Å². The van der Waals surface area contributed by atoms with Crippen molar-refractivity contribution in [1.29, 1.82) is 0 Å². The van der Waals surface area contributed by atoms with Crippen LogP contribution in [0.5, 0.6) is 5.75 Å². The van der Waals surface area contributed by atoms with Gasteiger partial charge in [0.05, 0.1) is 12.3 Å². The zero-order chi connectivity index (χ0) is 23.2. The van der Waals surface area contributed by atoms with E-state index in [1.165, 1.54) is 0 Å². The predicted octanol–water partition coefficient (Wildman–Crippen LogP) is 5.23. The lowest BCUT2D eigenvalue weighted by Gasteiger charge is -2.24. The third kappa shape index (κ3) is 5.89. The van der Waals surface area contributed by atoms with E-state index in [2.05, 4.69) is 5.32 Å². The Labute approximate surface area is 203 Å². The molecule has 1 atom stereocenters. The van der Waals surface area contributed by atoms with Crippen LogP contribution in [0.3, 0.4) is 0 Å². The van der Waals surface area contributed by atoms with Gasteiger partial charge >= 0.3 is 0 Å². The molecule has 3 aromatic carbocycles. The number of amides is 2. The summed E-state index contributed by atoms with van der Waals surface area (Å²) in [6.07, 6.45) is 0. The van der Waals surface area contributed by atoms with E-state index in [1.807, 2.05) is 66.4 Å². The molecule has 1 fully saturated rings. The van der Waals surface area contributed by atoms with Crippen LogP contribution in [0.4, 0.5) is 0 Å². The van der Waals surface area contributed by atoms with Crippen molar-refractivity contribution in [3.63, 3.8) is 0 Å². The van der Waals surface area contributed by atoms with E-state index < -0.39 is 0 Å². The number of halogens is 1. The summed E-state index contributed by atoms with van der Waals surface area (Å²) in [6, 6.07) is 22.9. The second-order valence-electron chi connectivity index (χ2n) is 7.81. The molecule has 33 heavy (non-hydrogen) atoms. The lowest BCUT2D eigenvalue weighted by molar-refractivity contribution is -0.128. The lowest BCUT2D eigenvalue weighted by Crippen LogP contribution is -2.28. The van der Waals surface area contributed by atoms with Crippen LogP contribution < -0.4 is 10.1 Å². The highest BCUT2D eigenvalue weighted by Crippen LogP contribution is 2.39. The van der Waals surface area contributed by atoms with Crippen LogP contribution in [0.15, 0.2) is 72.8 Å². The smallest absolute Gasteiger partial charge is 0.251 e. The van der Waals surface area contributed by atoms with Crippen LogP contribution in [-0.2, 0) is 11.3 Å². The number of thioether (sulfide) groups is 1. The minimum atomic E-state index is -0.164. The number of hydrogen-bond donors (Lipinski definition) is 1. The second-order valence-corrected chi connectivity index (χ2v) is 9.28. The highest BCUT2D eigenvalue weighted by atomic mass is 35.5. The highest BCUT2D eigenvalue weighted by molar-refractivity contribution is 8.00. The maximum atomic E-state index is 12.5. The number of nitrogens with zero attached hydrogens (tertiary/aromatic N) is 1. The van der Waals surface area contributed by atoms with Gasteiger partial charge in [-0.25, -0.2) is 0 Å². The summed E-state index contributed by atoms with van der Waals surface area (Å²) < 4.78 is 5.65. The number of aryl methyl sites for hydroxylation is 1. The van der Waals surface area contributed by atoms with Crippen molar-refractivity contribution in [2.24, 2.45) is 0 Å². The molecule has 0 bridgehead atoms. The Morgan fingerprint density at radius 2 is 1.88 bits per heavy atom. The Bertz CT molecular complexity index is 1120. The van der Waals surface area contributed by atoms with Gasteiger partial charge in [0.25, 0.3) is 5.91 Å². The van der Waals surface area contributed by atoms with Crippen molar-refractivity contribution < 1.29 is 14.3 Å². The normalized spacial score (nSPS) is 15.5. The SMILES string of the molecule is Cc1ccc(OCCNC(=O)c2ccc([C@H]3SCC(=O)N3Cc3ccccc3)cc2)cc1Cl. The standard InChI is InChI=1S/C26H25ClN2O3S/c1-18-7-12-22(15-23(18)27)32-14-13-28-25(31)20-8-10-21(11-9-20)26-29(24(30)17-33-26)16-19-5-3-2-4-6-19/h2-12,15,26H,13-14,16-17H2,1H3,(H,28,31)/t26-/m1/s1. The molecule has 7 heteroatoms. The van der Waals surface area contributed by atoms with E-state index in [-0.39, 0.29) is 17.2 Å². The predicted molar refractivity (Wildman–Crippen MR) is 133 cm³/mol. The van der Waals surface area contributed by atoms with E-state index in [9.17, 15) is 9.59 Å². The Hall–Kier alpha value is -2.96. The van der Waals surface area contributed by atoms with Crippen molar-refractivity contribution in [3.05, 3.63) is 100 Å². The fourth-order valence-corrected chi connectivity index (χ4v) is 4.94. The van der Waals surface area contributed by atoms with Gasteiger partial charge in [0.1, 0.15) is 17.7 Å². The van der Waals surface area contributed by atoms with Crippen LogP contribution in [0.2, 0.25) is 5.02 Å². The van der Waals surface area contributed by atoms with Gasteiger partial charge in [-0.3, -0.25) is 9.59 Å². The van der Waals surface area contributed by atoms with Gasteiger partial charge in [0.2, 0.25) is 5.91 Å². The van der Waals surface area contributed by atoms with Crippen LogP contribution in [0, 0.1) is 6.92 Å². The minimum Gasteiger partial charge on any atom is -0.492 e. The average molecular weight is 481 g/mol. The Balaban J connectivity index is 1.31. The third-order valence-corrected chi connectivity index (χ3v) is 7.08. The zero-order valence-corrected chi connectivity index (χ0v) is 19.9. The fourth-order valence-electron chi connectivity index (χ4n) is 3.58. The van der Waals surface area contributed by atoms with Crippen LogP contribution in [0.25, 0.3) is 0 Å². The van der Waals surface area contributed by atoms with Gasteiger partial charge in [0, 0.05) is 17.1 Å². The molecule has 5 nitrogen and oxygen atoms in total. The number of carbonyl (C=O) groups is 2. The molecule has 2 amide bonds. The van der Waals surface area contributed by atoms with Crippen molar-refractivity contribution in [3.8, 4) is 5.75 Å². The van der Waals surface area contributed by atoms with Crippen LogP contribution in [-0.4, -0.2) is 35.6 Å². The summed E-state index contributed by atoms with van der Waals surface area (Å²) in [5, 5.41) is 3.47. The zero-order valence-electron chi connectivity index (χ0n) is 18.3. The Morgan fingerprint density at radius 3 is 2.61 bits per heavy atom. The van der Waals surface area contributed by atoms with Crippen LogP contribution in [0.1, 0.15) is 32.4 Å². The number of ether oxygens (including phenoxy) is 1. The van der Waals surface area contributed by atoms with E-state index >= 15 is 0 Å². The number of rotatable bonds is 8. The third-order valence-electron chi connectivity index (χ3n) is 5.42. The van der Waals surface area contributed by atoms with Gasteiger partial charge in [-0.05, 0) is 47.9 Å². The van der Waals surface area contributed by atoms with Gasteiger partial charge in [-0.2, -0.15) is 0 Å². The minimum absolute atomic E-state index is 0.0513. The summed E-state index contributed by atoms with van der Waals surface area (Å²) in [4.78, 5) is 26.8. The molecule has 1 heterocycles. The maximum Gasteiger partial charge on any atom is 0.251 e. The first kappa shape index (κ1) is 23.2. The van der Waals surface area contributed by atoms with Gasteiger partial charge in [-0.15, -0.1) is 11.8 Å². The number of hydrogen-bond acceptors (Lipinski definition) is 4. The first-order valence-electron chi connectivity index (χ1n) is 10.7. The van der Waals surface area contributed by atoms with E-state index in [0.29, 0.717) is 41.8 Å². The molecule has 1 aliphatic heterocycles. The molecule has 1 saturated heterocycles. The van der Waals surface area contributed by atoms with E-state index in [0.717, 1.165) is 16.7 Å². The molecule has 0 unspecified atom stereocenters. The summed E-state index contributed by atoms with van der Waals surface area (Å²) in [7, 11) is 0. The summed E-state index contributed by atoms with van der Waals surface area (Å²) in [5.41, 5.74) is 3.67. The van der Waals surface area contributed by atoms with Crippen molar-refractivity contribution in [1.82, 2.24) is 10.2 Å². The van der Waals surface area contributed by atoms with Crippen LogP contribution >= 0.6 is 23.4 Å². The fraction of sp³-hybridized carbons (Fsp3) is 0.231. The highest BCUT2D eigenvalue weighted by Gasteiger charge is 2.32. The lowest BCUT2D eigenvalue weighted by atomic mass is 10.1. The number of benzene rings is 3. The monoisotopic (exact) mass is 480 g/mol. The van der Waals surface area contributed by atoms with Crippen molar-refractivity contribution >= 4 is 35.2 Å². The van der Waals surface area contributed by atoms with E-state index in [4.69, 9.17) is 16.3 Å². The first-order valence-corrected chi connectivity index (χ1v) is 12.2. The molecule has 0 radical (unpaired) electrons. The summed E-state index contributed by atoms with van der Waals surface area (Å²) in [6.45, 7) is 3.23. The average Bonchev–Trinajstić information content (AvgIpc) is 3.19. The van der Waals surface area contributed by atoms with Crippen molar-refractivity contribution in [2.75, 3.05) is 18.9 Å². The topological polar surface area (TPSA) is 58.6 Å². The Morgan fingerprint density at radius 1 is 1.12 bits per heavy atom. The number of nitrogens with one attached hydrogen (secondary N) is 1. The molecular formula is C26H25ClN2O3S. The molecule has 0 saturated carbocycles. The molecular weight excluding hydrogens is 456 g/mol. The summed E-state index contributed by atoms with van der Waals surface area (Å²) >= 11 is 7.71. The molecule has 1 N–H and O–H groups in total. The maximum absolute atomic E-state index is 12.5. The second kappa shape index (κ2) is 10.8. The molecule has 4 rings (SSSR count). The molecule has 170 valence electrons. The van der Waals surface area contributed by atoms with Crippen molar-refractivity contribution in [2.45, 2.75) is 18.8 Å². The molecule has 0 spiro atoms. The largest absolute Gasteiger partial charge is 0.492 e. The molecule has 3 aromatic rings.